The summed E-state index contributed by atoms with van der Waals surface area (Å²) >= 11 is 0. The number of rotatable bonds is 3. The summed E-state index contributed by atoms with van der Waals surface area (Å²) in [5, 5.41) is 0.842. The number of hydrogen-bond donors (Lipinski definition) is 1. The van der Waals surface area contributed by atoms with Crippen molar-refractivity contribution in [2.45, 2.75) is 39.0 Å². The number of nitrogen functional groups attached to an aromatic ring is 1. The van der Waals surface area contributed by atoms with Gasteiger partial charge in [0, 0.05) is 23.3 Å². The summed E-state index contributed by atoms with van der Waals surface area (Å²) in [6, 6.07) is 6.00. The topological polar surface area (TPSA) is 69.1 Å². The molecule has 4 nitrogen and oxygen atoms in total. The lowest BCUT2D eigenvalue weighted by Gasteiger charge is -2.10. The van der Waals surface area contributed by atoms with Crippen LogP contribution in [0.3, 0.4) is 0 Å². The Morgan fingerprint density at radius 3 is 2.75 bits per heavy atom. The summed E-state index contributed by atoms with van der Waals surface area (Å²) in [5.74, 6) is 0.255. The van der Waals surface area contributed by atoms with Gasteiger partial charge < -0.3 is 10.2 Å². The van der Waals surface area contributed by atoms with Crippen LogP contribution in [0.15, 0.2) is 35.0 Å². The van der Waals surface area contributed by atoms with Crippen molar-refractivity contribution in [2.24, 2.45) is 0 Å². The molecule has 122 valence electrons. The molecule has 4 heteroatoms. The van der Waals surface area contributed by atoms with Crippen LogP contribution in [-0.2, 0) is 12.8 Å². The molecule has 0 amide bonds. The van der Waals surface area contributed by atoms with Gasteiger partial charge in [-0.3, -0.25) is 9.78 Å². The van der Waals surface area contributed by atoms with Gasteiger partial charge in [-0.15, -0.1) is 0 Å². The largest absolute Gasteiger partial charge is 0.450 e. The Hall–Kier alpha value is -2.62. The summed E-state index contributed by atoms with van der Waals surface area (Å²) < 4.78 is 5.87. The van der Waals surface area contributed by atoms with Crippen LogP contribution in [0, 0.1) is 0 Å². The van der Waals surface area contributed by atoms with Crippen LogP contribution < -0.4 is 5.73 Å². The van der Waals surface area contributed by atoms with Crippen molar-refractivity contribution in [2.75, 3.05) is 5.73 Å². The van der Waals surface area contributed by atoms with Gasteiger partial charge in [-0.05, 0) is 60.1 Å². The van der Waals surface area contributed by atoms with Crippen molar-refractivity contribution in [3.8, 4) is 0 Å². The number of anilines is 1. The van der Waals surface area contributed by atoms with E-state index in [0.29, 0.717) is 16.8 Å². The molecule has 0 bridgehead atoms. The van der Waals surface area contributed by atoms with Crippen molar-refractivity contribution in [3.05, 3.63) is 58.6 Å². The maximum atomic E-state index is 13.0. The van der Waals surface area contributed by atoms with Crippen LogP contribution in [-0.4, -0.2) is 10.8 Å². The maximum absolute atomic E-state index is 13.0. The Morgan fingerprint density at radius 1 is 1.25 bits per heavy atom. The monoisotopic (exact) mass is 320 g/mol. The first-order valence-corrected chi connectivity index (χ1v) is 8.38. The van der Waals surface area contributed by atoms with E-state index in [0.717, 1.165) is 23.8 Å². The van der Waals surface area contributed by atoms with E-state index in [1.54, 1.807) is 12.4 Å². The number of fused-ring (bicyclic) bond motifs is 2. The van der Waals surface area contributed by atoms with Crippen LogP contribution in [0.5, 0.6) is 0 Å². The van der Waals surface area contributed by atoms with E-state index in [2.05, 4.69) is 24.9 Å². The van der Waals surface area contributed by atoms with Gasteiger partial charge in [0.2, 0.25) is 5.78 Å². The molecule has 24 heavy (non-hydrogen) atoms. The molecule has 0 atom stereocenters. The molecule has 0 fully saturated rings. The molecule has 1 aromatic carbocycles. The Kier molecular flexibility index (Phi) is 3.41. The fraction of sp³-hybridized carbons (Fsp3) is 0.300. The summed E-state index contributed by atoms with van der Waals surface area (Å²) in [6.45, 7) is 4.11. The van der Waals surface area contributed by atoms with E-state index in [9.17, 15) is 4.79 Å². The minimum Gasteiger partial charge on any atom is -0.450 e. The molecule has 0 spiro atoms. The maximum Gasteiger partial charge on any atom is 0.232 e. The highest BCUT2D eigenvalue weighted by Crippen LogP contribution is 2.35. The molecule has 3 aromatic rings. The molecule has 2 heterocycles. The minimum absolute atomic E-state index is 0.194. The van der Waals surface area contributed by atoms with Crippen molar-refractivity contribution >= 4 is 22.4 Å². The number of aryl methyl sites for hydroxylation is 2. The molecule has 1 aliphatic rings. The Labute approximate surface area is 140 Å². The zero-order valence-corrected chi connectivity index (χ0v) is 13.9. The molecule has 0 aliphatic heterocycles. The lowest BCUT2D eigenvalue weighted by molar-refractivity contribution is 0.101. The second-order valence-electron chi connectivity index (χ2n) is 6.76. The molecule has 0 radical (unpaired) electrons. The highest BCUT2D eigenvalue weighted by Gasteiger charge is 2.24. The molecule has 0 unspecified atom stereocenters. The Bertz CT molecular complexity index is 954. The third-order valence-electron chi connectivity index (χ3n) is 4.87. The van der Waals surface area contributed by atoms with Gasteiger partial charge in [-0.1, -0.05) is 13.8 Å². The second-order valence-corrected chi connectivity index (χ2v) is 6.76. The zero-order valence-electron chi connectivity index (χ0n) is 13.9. The van der Waals surface area contributed by atoms with Gasteiger partial charge in [0.1, 0.15) is 5.58 Å². The molecule has 2 aromatic heterocycles. The fourth-order valence-corrected chi connectivity index (χ4v) is 3.57. The van der Waals surface area contributed by atoms with E-state index < -0.39 is 0 Å². The number of nitrogens with zero attached hydrogens (tertiary/aromatic N) is 1. The van der Waals surface area contributed by atoms with E-state index in [1.807, 2.05) is 12.1 Å². The molecule has 0 saturated heterocycles. The molecule has 2 N–H and O–H groups in total. The summed E-state index contributed by atoms with van der Waals surface area (Å²) in [4.78, 5) is 17.1. The first-order chi connectivity index (χ1) is 11.6. The number of ketones is 1. The van der Waals surface area contributed by atoms with Crippen molar-refractivity contribution in [1.29, 1.82) is 0 Å². The molecule has 0 saturated carbocycles. The average molecular weight is 320 g/mol. The molecule has 4 rings (SSSR count). The predicted octanol–water partition coefficient (Wildman–Crippen LogP) is 4.25. The number of furan rings is 1. The normalized spacial score (nSPS) is 13.6. The van der Waals surface area contributed by atoms with Gasteiger partial charge in [0.15, 0.2) is 5.76 Å². The van der Waals surface area contributed by atoms with Gasteiger partial charge in [0.25, 0.3) is 0 Å². The van der Waals surface area contributed by atoms with Gasteiger partial charge >= 0.3 is 0 Å². The third kappa shape index (κ3) is 2.21. The van der Waals surface area contributed by atoms with E-state index in [4.69, 9.17) is 10.2 Å². The number of nitrogens with two attached hydrogens (primary N) is 1. The van der Waals surface area contributed by atoms with E-state index in [-0.39, 0.29) is 17.5 Å². The lowest BCUT2D eigenvalue weighted by Crippen LogP contribution is -2.08. The highest BCUT2D eigenvalue weighted by atomic mass is 16.3. The van der Waals surface area contributed by atoms with Crippen molar-refractivity contribution in [1.82, 2.24) is 4.98 Å². The molecular weight excluding hydrogens is 300 g/mol. The lowest BCUT2D eigenvalue weighted by atomic mass is 9.95. The number of carbonyl (C=O) groups is 1. The smallest absolute Gasteiger partial charge is 0.232 e. The second kappa shape index (κ2) is 5.48. The minimum atomic E-state index is -0.194. The summed E-state index contributed by atoms with van der Waals surface area (Å²) in [5.41, 5.74) is 11.5. The number of aromatic nitrogens is 1. The van der Waals surface area contributed by atoms with Crippen LogP contribution in [0.1, 0.15) is 59.0 Å². The van der Waals surface area contributed by atoms with E-state index in [1.165, 1.54) is 17.5 Å². The standard InChI is InChI=1S/C20H20N2O2/c1-11(2)14-6-7-22-10-16(14)19(23)20-18(21)15-8-12-4-3-5-13(12)9-17(15)24-20/h6-11H,3-5,21H2,1-2H3. The number of benzene rings is 1. The quantitative estimate of drug-likeness (QED) is 0.732. The van der Waals surface area contributed by atoms with Gasteiger partial charge in [0.05, 0.1) is 5.69 Å². The van der Waals surface area contributed by atoms with Gasteiger partial charge in [-0.25, -0.2) is 0 Å². The SMILES string of the molecule is CC(C)c1ccncc1C(=O)c1oc2cc3c(cc2c1N)CCC3. The summed E-state index contributed by atoms with van der Waals surface area (Å²) in [6.07, 6.45) is 6.61. The molecule has 1 aliphatic carbocycles. The number of pyridine rings is 1. The van der Waals surface area contributed by atoms with Crippen LogP contribution in [0.25, 0.3) is 11.0 Å². The van der Waals surface area contributed by atoms with Crippen LogP contribution >= 0.6 is 0 Å². The van der Waals surface area contributed by atoms with Crippen LogP contribution in [0.2, 0.25) is 0 Å². The average Bonchev–Trinajstić information content (AvgIpc) is 3.16. The highest BCUT2D eigenvalue weighted by molar-refractivity contribution is 6.15. The first kappa shape index (κ1) is 14.9. The first-order valence-electron chi connectivity index (χ1n) is 8.38. The van der Waals surface area contributed by atoms with Crippen LogP contribution in [0.4, 0.5) is 5.69 Å². The van der Waals surface area contributed by atoms with E-state index >= 15 is 0 Å². The van der Waals surface area contributed by atoms with Gasteiger partial charge in [-0.2, -0.15) is 0 Å². The van der Waals surface area contributed by atoms with Crippen molar-refractivity contribution < 1.29 is 9.21 Å². The predicted molar refractivity (Wildman–Crippen MR) is 94.4 cm³/mol. The van der Waals surface area contributed by atoms with Crippen molar-refractivity contribution in [3.63, 3.8) is 0 Å². The third-order valence-corrected chi connectivity index (χ3v) is 4.87. The Balaban J connectivity index is 1.85. The summed E-state index contributed by atoms with van der Waals surface area (Å²) in [7, 11) is 0. The molecular formula is C20H20N2O2. The fourth-order valence-electron chi connectivity index (χ4n) is 3.57. The zero-order chi connectivity index (χ0) is 16.8. The Morgan fingerprint density at radius 2 is 2.00 bits per heavy atom. The number of hydrogen-bond acceptors (Lipinski definition) is 4. The number of carbonyl (C=O) groups excluding carboxylic acids is 1.